The number of anilines is 1. The summed E-state index contributed by atoms with van der Waals surface area (Å²) >= 11 is 6.07. The number of carbonyl (C=O) groups is 1. The molecule has 2 rings (SSSR count). The van der Waals surface area contributed by atoms with Gasteiger partial charge in [-0.15, -0.1) is 0 Å². The van der Waals surface area contributed by atoms with Gasteiger partial charge in [0, 0.05) is 29.6 Å². The topological polar surface area (TPSA) is 76.8 Å². The van der Waals surface area contributed by atoms with E-state index in [4.69, 9.17) is 22.4 Å². The minimum absolute atomic E-state index is 0.0756. The molecule has 2 aromatic carbocycles. The maximum absolute atomic E-state index is 12.0. The lowest BCUT2D eigenvalue weighted by Crippen LogP contribution is -2.12. The molecule has 3 N–H and O–H groups in total. The summed E-state index contributed by atoms with van der Waals surface area (Å²) in [7, 11) is 0. The molecule has 4 nitrogen and oxygen atoms in total. The molecule has 0 heterocycles. The third kappa shape index (κ3) is 4.76. The molecular formula is C18H18ClN3O. The first-order valence-electron chi connectivity index (χ1n) is 7.28. The fourth-order valence-corrected chi connectivity index (χ4v) is 2.43. The van der Waals surface area contributed by atoms with Gasteiger partial charge in [-0.2, -0.15) is 0 Å². The first-order valence-corrected chi connectivity index (χ1v) is 7.66. The molecule has 0 spiro atoms. The molecule has 0 aliphatic rings. The Balaban J connectivity index is 1.91. The zero-order chi connectivity index (χ0) is 16.7. The Kier molecular flexibility index (Phi) is 6.06. The van der Waals surface area contributed by atoms with E-state index in [0.717, 1.165) is 11.1 Å². The maximum Gasteiger partial charge on any atom is 0.224 e. The summed E-state index contributed by atoms with van der Waals surface area (Å²) in [5.74, 6) is -0.395. The van der Waals surface area contributed by atoms with Crippen LogP contribution >= 0.6 is 11.6 Å². The largest absolute Gasteiger partial charge is 0.326 e. The quantitative estimate of drug-likeness (QED) is 0.652. The lowest BCUT2D eigenvalue weighted by atomic mass is 10.0. The summed E-state index contributed by atoms with van der Waals surface area (Å²) in [6.45, 7) is 0. The number of hydrogen-bond acceptors (Lipinski definition) is 3. The number of halogens is 1. The number of carbonyl (C=O) groups excluding carboxylic acids is 1. The Labute approximate surface area is 140 Å². The number of nitrogens with one attached hydrogen (secondary N) is 3. The Morgan fingerprint density at radius 1 is 1.09 bits per heavy atom. The van der Waals surface area contributed by atoms with Crippen molar-refractivity contribution in [1.29, 1.82) is 10.8 Å². The monoisotopic (exact) mass is 327 g/mol. The lowest BCUT2D eigenvalue weighted by molar-refractivity contribution is -0.116. The van der Waals surface area contributed by atoms with Crippen LogP contribution in [0.5, 0.6) is 0 Å². The van der Waals surface area contributed by atoms with Crippen molar-refractivity contribution in [2.24, 2.45) is 0 Å². The molecule has 1 amide bonds. The summed E-state index contributed by atoms with van der Waals surface area (Å²) in [6.07, 6.45) is 3.37. The molecule has 0 saturated heterocycles. The number of aryl methyl sites for hydroxylation is 1. The number of rotatable bonds is 7. The smallest absolute Gasteiger partial charge is 0.224 e. The van der Waals surface area contributed by atoms with E-state index < -0.39 is 0 Å². The predicted octanol–water partition coefficient (Wildman–Crippen LogP) is 4.29. The van der Waals surface area contributed by atoms with Crippen molar-refractivity contribution in [1.82, 2.24) is 0 Å². The van der Waals surface area contributed by atoms with E-state index in [9.17, 15) is 4.79 Å². The van der Waals surface area contributed by atoms with Crippen LogP contribution in [0.4, 0.5) is 5.69 Å². The van der Waals surface area contributed by atoms with Gasteiger partial charge < -0.3 is 16.1 Å². The number of hydrogen-bond donors (Lipinski definition) is 3. The molecule has 0 saturated carbocycles. The third-order valence-electron chi connectivity index (χ3n) is 3.52. The van der Waals surface area contributed by atoms with Crippen molar-refractivity contribution >= 4 is 35.6 Å². The highest BCUT2D eigenvalue weighted by Crippen LogP contribution is 2.18. The van der Waals surface area contributed by atoms with E-state index in [2.05, 4.69) is 5.32 Å². The average molecular weight is 328 g/mol. The van der Waals surface area contributed by atoms with Crippen LogP contribution in [0, 0.1) is 10.8 Å². The second kappa shape index (κ2) is 8.25. The molecule has 0 fully saturated rings. The van der Waals surface area contributed by atoms with Crippen LogP contribution in [-0.4, -0.2) is 18.3 Å². The van der Waals surface area contributed by atoms with Gasteiger partial charge in [-0.25, -0.2) is 0 Å². The van der Waals surface area contributed by atoms with Gasteiger partial charge in [0.2, 0.25) is 5.91 Å². The molecule has 0 aliphatic carbocycles. The standard InChI is InChI=1S/C18H18ClN3O/c19-17-4-2-1-3-14(17)7-10-18(23)22-16-8-5-13(6-9-16)15(11-20)12-21/h1-6,8-9,11-12,15,20-21H,7,10H2,(H,22,23). The normalized spacial score (nSPS) is 11.5. The van der Waals surface area contributed by atoms with Crippen molar-refractivity contribution in [2.75, 3.05) is 5.32 Å². The molecule has 0 aromatic heterocycles. The average Bonchev–Trinajstić information content (AvgIpc) is 2.57. The second-order valence-corrected chi connectivity index (χ2v) is 5.53. The number of benzene rings is 2. The predicted molar refractivity (Wildman–Crippen MR) is 95.2 cm³/mol. The Morgan fingerprint density at radius 2 is 1.74 bits per heavy atom. The van der Waals surface area contributed by atoms with Crippen molar-refractivity contribution in [3.8, 4) is 0 Å². The highest BCUT2D eigenvalue weighted by molar-refractivity contribution is 6.31. The summed E-state index contributed by atoms with van der Waals surface area (Å²) in [5, 5.41) is 18.0. The molecule has 0 radical (unpaired) electrons. The molecule has 0 atom stereocenters. The molecule has 118 valence electrons. The molecule has 0 aliphatic heterocycles. The second-order valence-electron chi connectivity index (χ2n) is 5.12. The first kappa shape index (κ1) is 16.9. The lowest BCUT2D eigenvalue weighted by Gasteiger charge is -2.09. The highest BCUT2D eigenvalue weighted by Gasteiger charge is 2.07. The minimum Gasteiger partial charge on any atom is -0.326 e. The van der Waals surface area contributed by atoms with Crippen LogP contribution in [0.1, 0.15) is 23.5 Å². The highest BCUT2D eigenvalue weighted by atomic mass is 35.5. The van der Waals surface area contributed by atoms with Gasteiger partial charge in [0.1, 0.15) is 0 Å². The Bertz CT molecular complexity index is 690. The van der Waals surface area contributed by atoms with E-state index in [0.29, 0.717) is 23.6 Å². The van der Waals surface area contributed by atoms with Gasteiger partial charge in [-0.1, -0.05) is 41.9 Å². The Morgan fingerprint density at radius 3 is 2.35 bits per heavy atom. The van der Waals surface area contributed by atoms with E-state index in [1.54, 1.807) is 12.1 Å². The van der Waals surface area contributed by atoms with Crippen molar-refractivity contribution in [3.63, 3.8) is 0 Å². The molecule has 23 heavy (non-hydrogen) atoms. The van der Waals surface area contributed by atoms with E-state index >= 15 is 0 Å². The van der Waals surface area contributed by atoms with Crippen molar-refractivity contribution < 1.29 is 4.79 Å². The van der Waals surface area contributed by atoms with Crippen LogP contribution < -0.4 is 5.32 Å². The summed E-state index contributed by atoms with van der Waals surface area (Å²) in [5.41, 5.74) is 2.51. The van der Waals surface area contributed by atoms with Gasteiger partial charge in [-0.3, -0.25) is 4.79 Å². The fraction of sp³-hybridized carbons (Fsp3) is 0.167. The summed E-state index contributed by atoms with van der Waals surface area (Å²) in [6, 6.07) is 14.7. The van der Waals surface area contributed by atoms with Crippen molar-refractivity contribution in [3.05, 3.63) is 64.7 Å². The van der Waals surface area contributed by atoms with Crippen molar-refractivity contribution in [2.45, 2.75) is 18.8 Å². The van der Waals surface area contributed by atoms with Gasteiger partial charge in [0.25, 0.3) is 0 Å². The molecule has 0 unspecified atom stereocenters. The van der Waals surface area contributed by atoms with Crippen LogP contribution in [0.3, 0.4) is 0 Å². The first-order chi connectivity index (χ1) is 11.1. The van der Waals surface area contributed by atoms with E-state index in [1.165, 1.54) is 12.4 Å². The van der Waals surface area contributed by atoms with Crippen LogP contribution in [-0.2, 0) is 11.2 Å². The van der Waals surface area contributed by atoms with Crippen LogP contribution in [0.25, 0.3) is 0 Å². The maximum atomic E-state index is 12.0. The van der Waals surface area contributed by atoms with Gasteiger partial charge in [0.15, 0.2) is 0 Å². The van der Waals surface area contributed by atoms with Gasteiger partial charge in [0.05, 0.1) is 5.92 Å². The molecule has 2 aromatic rings. The van der Waals surface area contributed by atoms with Gasteiger partial charge >= 0.3 is 0 Å². The molecule has 5 heteroatoms. The van der Waals surface area contributed by atoms with Crippen LogP contribution in [0.15, 0.2) is 48.5 Å². The molecular weight excluding hydrogens is 310 g/mol. The summed E-state index contributed by atoms with van der Waals surface area (Å²) in [4.78, 5) is 12.0. The zero-order valence-corrected chi connectivity index (χ0v) is 13.3. The number of amides is 1. The molecule has 0 bridgehead atoms. The Hall–Kier alpha value is -2.46. The fourth-order valence-electron chi connectivity index (χ4n) is 2.20. The summed E-state index contributed by atoms with van der Waals surface area (Å²) < 4.78 is 0. The minimum atomic E-state index is -0.319. The zero-order valence-electron chi connectivity index (χ0n) is 12.6. The third-order valence-corrected chi connectivity index (χ3v) is 3.89. The SMILES string of the molecule is N=CC(C=N)c1ccc(NC(=O)CCc2ccccc2Cl)cc1. The van der Waals surface area contributed by atoms with E-state index in [1.807, 2.05) is 36.4 Å². The van der Waals surface area contributed by atoms with E-state index in [-0.39, 0.29) is 11.8 Å². The van der Waals surface area contributed by atoms with Crippen LogP contribution in [0.2, 0.25) is 5.02 Å². The van der Waals surface area contributed by atoms with Gasteiger partial charge in [-0.05, 0) is 35.7 Å².